The number of nitrogens with zero attached hydrogens (tertiary/aromatic N) is 2. The SMILES string of the molecule is CNC(c1cnn(C)c1)c1cccc2ccccc12. The van der Waals surface area contributed by atoms with Gasteiger partial charge in [-0.1, -0.05) is 42.5 Å². The second-order valence-electron chi connectivity index (χ2n) is 4.74. The van der Waals surface area contributed by atoms with Crippen molar-refractivity contribution < 1.29 is 0 Å². The molecule has 3 nitrogen and oxygen atoms in total. The van der Waals surface area contributed by atoms with Gasteiger partial charge >= 0.3 is 0 Å². The van der Waals surface area contributed by atoms with Gasteiger partial charge in [0, 0.05) is 18.8 Å². The highest BCUT2D eigenvalue weighted by atomic mass is 15.2. The first-order chi connectivity index (χ1) is 9.29. The molecule has 0 aliphatic heterocycles. The van der Waals surface area contributed by atoms with Crippen LogP contribution in [-0.4, -0.2) is 16.8 Å². The Morgan fingerprint density at radius 3 is 2.63 bits per heavy atom. The van der Waals surface area contributed by atoms with Gasteiger partial charge in [0.15, 0.2) is 0 Å². The number of aromatic nitrogens is 2. The van der Waals surface area contributed by atoms with E-state index in [4.69, 9.17) is 0 Å². The van der Waals surface area contributed by atoms with Crippen LogP contribution in [0.2, 0.25) is 0 Å². The van der Waals surface area contributed by atoms with Crippen molar-refractivity contribution in [1.29, 1.82) is 0 Å². The quantitative estimate of drug-likeness (QED) is 0.775. The van der Waals surface area contributed by atoms with Gasteiger partial charge < -0.3 is 5.32 Å². The highest BCUT2D eigenvalue weighted by molar-refractivity contribution is 5.86. The van der Waals surface area contributed by atoms with Crippen molar-refractivity contribution in [2.24, 2.45) is 7.05 Å². The molecule has 0 aliphatic rings. The van der Waals surface area contributed by atoms with E-state index in [9.17, 15) is 0 Å². The van der Waals surface area contributed by atoms with Crippen molar-refractivity contribution in [3.05, 3.63) is 66.0 Å². The number of aryl methyl sites for hydroxylation is 1. The summed E-state index contributed by atoms with van der Waals surface area (Å²) in [4.78, 5) is 0. The molecule has 96 valence electrons. The Balaban J connectivity index is 2.16. The van der Waals surface area contributed by atoms with E-state index >= 15 is 0 Å². The molecule has 3 heteroatoms. The van der Waals surface area contributed by atoms with Crippen LogP contribution in [0, 0.1) is 0 Å². The molecule has 2 aromatic carbocycles. The molecule has 1 aromatic heterocycles. The minimum absolute atomic E-state index is 0.166. The molecule has 0 aliphatic carbocycles. The smallest absolute Gasteiger partial charge is 0.0611 e. The van der Waals surface area contributed by atoms with Crippen molar-refractivity contribution in [1.82, 2.24) is 15.1 Å². The molecule has 0 bridgehead atoms. The molecular weight excluding hydrogens is 234 g/mol. The molecule has 1 atom stereocenters. The highest BCUT2D eigenvalue weighted by Crippen LogP contribution is 2.28. The molecule has 1 heterocycles. The zero-order valence-corrected chi connectivity index (χ0v) is 11.2. The number of nitrogens with one attached hydrogen (secondary N) is 1. The van der Waals surface area contributed by atoms with E-state index in [1.165, 1.54) is 21.9 Å². The predicted octanol–water partition coefficient (Wildman–Crippen LogP) is 2.88. The summed E-state index contributed by atoms with van der Waals surface area (Å²) in [5.41, 5.74) is 2.47. The van der Waals surface area contributed by atoms with Crippen molar-refractivity contribution in [3.8, 4) is 0 Å². The van der Waals surface area contributed by atoms with Crippen LogP contribution in [0.1, 0.15) is 17.2 Å². The fourth-order valence-electron chi connectivity index (χ4n) is 2.59. The van der Waals surface area contributed by atoms with E-state index in [2.05, 4.69) is 59.1 Å². The predicted molar refractivity (Wildman–Crippen MR) is 78.1 cm³/mol. The van der Waals surface area contributed by atoms with Gasteiger partial charge in [-0.25, -0.2) is 0 Å². The molecule has 0 saturated carbocycles. The lowest BCUT2D eigenvalue weighted by Gasteiger charge is -2.17. The van der Waals surface area contributed by atoms with Gasteiger partial charge in [0.2, 0.25) is 0 Å². The summed E-state index contributed by atoms with van der Waals surface area (Å²) in [6.07, 6.45) is 3.98. The first-order valence-electron chi connectivity index (χ1n) is 6.43. The van der Waals surface area contributed by atoms with Crippen LogP contribution in [-0.2, 0) is 7.05 Å². The Bertz CT molecular complexity index is 695. The molecule has 19 heavy (non-hydrogen) atoms. The summed E-state index contributed by atoms with van der Waals surface area (Å²) >= 11 is 0. The molecule has 0 radical (unpaired) electrons. The third-order valence-corrected chi connectivity index (χ3v) is 3.48. The van der Waals surface area contributed by atoms with E-state index in [-0.39, 0.29) is 6.04 Å². The van der Waals surface area contributed by atoms with Crippen LogP contribution < -0.4 is 5.32 Å². The zero-order chi connectivity index (χ0) is 13.2. The Morgan fingerprint density at radius 2 is 1.89 bits per heavy atom. The molecule has 0 fully saturated rings. The largest absolute Gasteiger partial charge is 0.309 e. The summed E-state index contributed by atoms with van der Waals surface area (Å²) < 4.78 is 1.84. The lowest BCUT2D eigenvalue weighted by atomic mass is 9.95. The monoisotopic (exact) mass is 251 g/mol. The first kappa shape index (κ1) is 11.9. The minimum Gasteiger partial charge on any atom is -0.309 e. The van der Waals surface area contributed by atoms with E-state index in [0.29, 0.717) is 0 Å². The van der Waals surface area contributed by atoms with Crippen LogP contribution in [0.5, 0.6) is 0 Å². The second kappa shape index (κ2) is 4.86. The van der Waals surface area contributed by atoms with Crippen LogP contribution in [0.15, 0.2) is 54.9 Å². The molecule has 3 aromatic rings. The summed E-state index contributed by atoms with van der Waals surface area (Å²) in [5, 5.41) is 10.2. The van der Waals surface area contributed by atoms with E-state index in [1.54, 1.807) is 0 Å². The highest BCUT2D eigenvalue weighted by Gasteiger charge is 2.15. The normalized spacial score (nSPS) is 12.7. The van der Waals surface area contributed by atoms with Gasteiger partial charge in [-0.2, -0.15) is 5.10 Å². The van der Waals surface area contributed by atoms with Gasteiger partial charge in [0.25, 0.3) is 0 Å². The van der Waals surface area contributed by atoms with E-state index < -0.39 is 0 Å². The van der Waals surface area contributed by atoms with Gasteiger partial charge in [-0.3, -0.25) is 4.68 Å². The minimum atomic E-state index is 0.166. The van der Waals surface area contributed by atoms with Crippen molar-refractivity contribution >= 4 is 10.8 Å². The number of hydrogen-bond acceptors (Lipinski definition) is 2. The molecular formula is C16H17N3. The average molecular weight is 251 g/mol. The molecule has 0 spiro atoms. The Morgan fingerprint density at radius 1 is 1.11 bits per heavy atom. The fraction of sp³-hybridized carbons (Fsp3) is 0.188. The van der Waals surface area contributed by atoms with E-state index in [0.717, 1.165) is 0 Å². The van der Waals surface area contributed by atoms with Crippen molar-refractivity contribution in [2.45, 2.75) is 6.04 Å². The first-order valence-corrected chi connectivity index (χ1v) is 6.43. The molecule has 3 rings (SSSR count). The zero-order valence-electron chi connectivity index (χ0n) is 11.2. The van der Waals surface area contributed by atoms with Gasteiger partial charge in [-0.05, 0) is 23.4 Å². The number of fused-ring (bicyclic) bond motifs is 1. The van der Waals surface area contributed by atoms with Gasteiger partial charge in [0.05, 0.1) is 12.2 Å². The molecule has 0 amide bonds. The van der Waals surface area contributed by atoms with Crippen molar-refractivity contribution in [2.75, 3.05) is 7.05 Å². The maximum atomic E-state index is 4.27. The lowest BCUT2D eigenvalue weighted by Crippen LogP contribution is -2.17. The van der Waals surface area contributed by atoms with Crippen LogP contribution in [0.4, 0.5) is 0 Å². The topological polar surface area (TPSA) is 29.9 Å². The third kappa shape index (κ3) is 2.13. The number of hydrogen-bond donors (Lipinski definition) is 1. The Hall–Kier alpha value is -2.13. The Labute approximate surface area is 112 Å². The Kier molecular flexibility index (Phi) is 3.05. The van der Waals surface area contributed by atoms with Crippen LogP contribution in [0.3, 0.4) is 0 Å². The third-order valence-electron chi connectivity index (χ3n) is 3.48. The van der Waals surface area contributed by atoms with Gasteiger partial charge in [0.1, 0.15) is 0 Å². The summed E-state index contributed by atoms with van der Waals surface area (Å²) in [7, 11) is 3.93. The molecule has 1 unspecified atom stereocenters. The number of benzene rings is 2. The summed E-state index contributed by atoms with van der Waals surface area (Å²) in [6, 6.07) is 15.1. The standard InChI is InChI=1S/C16H17N3/c1-17-16(13-10-18-19(2)11-13)15-9-5-7-12-6-3-4-8-14(12)15/h3-11,16-17H,1-2H3. The average Bonchev–Trinajstić information content (AvgIpc) is 2.86. The second-order valence-corrected chi connectivity index (χ2v) is 4.74. The molecule has 0 saturated heterocycles. The number of rotatable bonds is 3. The maximum Gasteiger partial charge on any atom is 0.0611 e. The van der Waals surface area contributed by atoms with Gasteiger partial charge in [-0.15, -0.1) is 0 Å². The fourth-order valence-corrected chi connectivity index (χ4v) is 2.59. The van der Waals surface area contributed by atoms with Crippen LogP contribution in [0.25, 0.3) is 10.8 Å². The van der Waals surface area contributed by atoms with Crippen LogP contribution >= 0.6 is 0 Å². The lowest BCUT2D eigenvalue weighted by molar-refractivity contribution is 0.694. The van der Waals surface area contributed by atoms with Crippen molar-refractivity contribution in [3.63, 3.8) is 0 Å². The summed E-state index contributed by atoms with van der Waals surface area (Å²) in [5.74, 6) is 0. The molecule has 1 N–H and O–H groups in total. The van der Waals surface area contributed by atoms with E-state index in [1.807, 2.05) is 25.0 Å². The maximum absolute atomic E-state index is 4.27. The summed E-state index contributed by atoms with van der Waals surface area (Å²) in [6.45, 7) is 0.